The number of hydrogen-bond donors (Lipinski definition) is 0. The zero-order chi connectivity index (χ0) is 30.8. The summed E-state index contributed by atoms with van der Waals surface area (Å²) in [5.74, 6) is 1.96. The molecule has 0 amide bonds. The van der Waals surface area contributed by atoms with E-state index in [0.29, 0.717) is 17.5 Å². The molecule has 2 aromatic heterocycles. The molecule has 0 N–H and O–H groups in total. The lowest BCUT2D eigenvalue weighted by Gasteiger charge is -2.22. The van der Waals surface area contributed by atoms with Crippen LogP contribution in [0.15, 0.2) is 144 Å². The highest BCUT2D eigenvalue weighted by molar-refractivity contribution is 6.11. The Morgan fingerprint density at radius 2 is 1.04 bits per heavy atom. The van der Waals surface area contributed by atoms with Crippen LogP contribution in [0.2, 0.25) is 0 Å². The van der Waals surface area contributed by atoms with Crippen LogP contribution in [0.4, 0.5) is 0 Å². The highest BCUT2D eigenvalue weighted by Crippen LogP contribution is 2.53. The zero-order valence-corrected chi connectivity index (χ0v) is 25.5. The molecule has 0 atom stereocenters. The van der Waals surface area contributed by atoms with Gasteiger partial charge in [0, 0.05) is 32.9 Å². The van der Waals surface area contributed by atoms with E-state index in [9.17, 15) is 0 Å². The molecule has 46 heavy (non-hydrogen) atoms. The molecular weight excluding hydrogens is 562 g/mol. The summed E-state index contributed by atoms with van der Waals surface area (Å²) >= 11 is 0. The van der Waals surface area contributed by atoms with Crippen LogP contribution in [-0.2, 0) is 5.41 Å². The Kier molecular flexibility index (Phi) is 5.81. The highest BCUT2D eigenvalue weighted by Gasteiger charge is 2.38. The van der Waals surface area contributed by atoms with Gasteiger partial charge in [0.15, 0.2) is 17.5 Å². The largest absolute Gasteiger partial charge is 0.456 e. The molecule has 1 aliphatic carbocycles. The first-order valence-corrected chi connectivity index (χ1v) is 15.6. The topological polar surface area (TPSA) is 51.8 Å². The molecule has 9 rings (SSSR count). The normalized spacial score (nSPS) is 13.2. The third-order valence-electron chi connectivity index (χ3n) is 9.30. The van der Waals surface area contributed by atoms with Gasteiger partial charge < -0.3 is 4.42 Å². The van der Waals surface area contributed by atoms with Crippen molar-refractivity contribution < 1.29 is 4.42 Å². The van der Waals surface area contributed by atoms with Crippen LogP contribution in [-0.4, -0.2) is 15.0 Å². The molecule has 0 bridgehead atoms. The van der Waals surface area contributed by atoms with E-state index < -0.39 is 0 Å². The molecule has 2 heterocycles. The van der Waals surface area contributed by atoms with Gasteiger partial charge in [-0.3, -0.25) is 0 Å². The predicted molar refractivity (Wildman–Crippen MR) is 186 cm³/mol. The Morgan fingerprint density at radius 1 is 0.457 bits per heavy atom. The van der Waals surface area contributed by atoms with Crippen molar-refractivity contribution >= 4 is 21.9 Å². The lowest BCUT2D eigenvalue weighted by Crippen LogP contribution is -2.15. The summed E-state index contributed by atoms with van der Waals surface area (Å²) in [6.07, 6.45) is 0. The van der Waals surface area contributed by atoms with Crippen LogP contribution in [0.5, 0.6) is 0 Å². The minimum Gasteiger partial charge on any atom is -0.456 e. The number of nitrogens with zero attached hydrogens (tertiary/aromatic N) is 3. The lowest BCUT2D eigenvalue weighted by molar-refractivity contribution is 0.657. The zero-order valence-electron chi connectivity index (χ0n) is 25.5. The summed E-state index contributed by atoms with van der Waals surface area (Å²) in [6.45, 7) is 4.66. The van der Waals surface area contributed by atoms with Crippen molar-refractivity contribution in [1.82, 2.24) is 15.0 Å². The first-order chi connectivity index (χ1) is 22.5. The van der Waals surface area contributed by atoms with Crippen molar-refractivity contribution in [2.24, 2.45) is 0 Å². The van der Waals surface area contributed by atoms with Gasteiger partial charge in [0.2, 0.25) is 0 Å². The summed E-state index contributed by atoms with van der Waals surface area (Å²) in [7, 11) is 0. The molecular formula is C42H29N3O. The molecule has 4 heteroatoms. The third kappa shape index (κ3) is 4.11. The van der Waals surface area contributed by atoms with Gasteiger partial charge >= 0.3 is 0 Å². The molecule has 8 aromatic rings. The quantitative estimate of drug-likeness (QED) is 0.204. The average Bonchev–Trinajstić information content (AvgIpc) is 3.60. The molecule has 0 saturated heterocycles. The number of aromatic nitrogens is 3. The first-order valence-electron chi connectivity index (χ1n) is 15.6. The van der Waals surface area contributed by atoms with E-state index in [1.54, 1.807) is 0 Å². The Labute approximate surface area is 267 Å². The van der Waals surface area contributed by atoms with E-state index in [0.717, 1.165) is 39.0 Å². The maximum absolute atomic E-state index is 6.27. The van der Waals surface area contributed by atoms with Gasteiger partial charge in [-0.05, 0) is 57.6 Å². The Balaban J connectivity index is 1.17. The van der Waals surface area contributed by atoms with Gasteiger partial charge in [0.05, 0.1) is 0 Å². The summed E-state index contributed by atoms with van der Waals surface area (Å²) < 4.78 is 6.27. The van der Waals surface area contributed by atoms with Gasteiger partial charge in [0.1, 0.15) is 11.2 Å². The van der Waals surface area contributed by atoms with Crippen LogP contribution in [0.1, 0.15) is 25.0 Å². The second kappa shape index (κ2) is 10.1. The second-order valence-electron chi connectivity index (χ2n) is 12.5. The number of fused-ring (bicyclic) bond motifs is 7. The van der Waals surface area contributed by atoms with Crippen molar-refractivity contribution in [3.05, 3.63) is 151 Å². The van der Waals surface area contributed by atoms with Gasteiger partial charge in [-0.15, -0.1) is 0 Å². The van der Waals surface area contributed by atoms with Crippen molar-refractivity contribution in [3.63, 3.8) is 0 Å². The minimum atomic E-state index is -0.163. The maximum Gasteiger partial charge on any atom is 0.164 e. The Morgan fingerprint density at radius 3 is 1.76 bits per heavy atom. The number of hydrogen-bond acceptors (Lipinski definition) is 4. The van der Waals surface area contributed by atoms with Crippen molar-refractivity contribution in [3.8, 4) is 56.4 Å². The molecule has 0 saturated carbocycles. The summed E-state index contributed by atoms with van der Waals surface area (Å²) in [5, 5.41) is 2.39. The van der Waals surface area contributed by atoms with E-state index in [-0.39, 0.29) is 5.41 Å². The van der Waals surface area contributed by atoms with E-state index in [2.05, 4.69) is 86.6 Å². The monoisotopic (exact) mass is 591 g/mol. The van der Waals surface area contributed by atoms with Gasteiger partial charge in [-0.2, -0.15) is 0 Å². The van der Waals surface area contributed by atoms with Crippen molar-refractivity contribution in [1.29, 1.82) is 0 Å². The Bertz CT molecular complexity index is 2380. The molecule has 6 aromatic carbocycles. The van der Waals surface area contributed by atoms with E-state index in [4.69, 9.17) is 19.4 Å². The van der Waals surface area contributed by atoms with Crippen LogP contribution < -0.4 is 0 Å². The first kappa shape index (κ1) is 26.5. The second-order valence-corrected chi connectivity index (χ2v) is 12.5. The van der Waals surface area contributed by atoms with Crippen molar-refractivity contribution in [2.75, 3.05) is 0 Å². The number of benzene rings is 6. The fourth-order valence-electron chi connectivity index (χ4n) is 7.09. The van der Waals surface area contributed by atoms with Crippen LogP contribution in [0.3, 0.4) is 0 Å². The van der Waals surface area contributed by atoms with Gasteiger partial charge in [0.25, 0.3) is 0 Å². The van der Waals surface area contributed by atoms with E-state index >= 15 is 0 Å². The fraction of sp³-hybridized carbons (Fsp3) is 0.0714. The summed E-state index contributed by atoms with van der Waals surface area (Å²) in [4.78, 5) is 14.8. The molecule has 0 aliphatic heterocycles. The standard InChI is InChI=1S/C42H29N3O/c1-42(2)34-22-20-29(25-33(34)31-21-23-36-37(38(31)42)32-18-9-10-19-35(32)46-36)28-16-11-17-30(24-28)41-44-39(26-12-5-3-6-13-26)43-40(45-41)27-14-7-4-8-15-27/h3-25H,1-2H3. The smallest absolute Gasteiger partial charge is 0.164 e. The van der Waals surface area contributed by atoms with Gasteiger partial charge in [-0.25, -0.2) is 15.0 Å². The molecule has 0 unspecified atom stereocenters. The molecule has 0 radical (unpaired) electrons. The minimum absolute atomic E-state index is 0.163. The molecule has 4 nitrogen and oxygen atoms in total. The third-order valence-corrected chi connectivity index (χ3v) is 9.30. The summed E-state index contributed by atoms with van der Waals surface area (Å²) in [5.41, 5.74) is 12.0. The number of para-hydroxylation sites is 1. The molecule has 0 spiro atoms. The number of furan rings is 1. The van der Waals surface area contributed by atoms with Crippen LogP contribution >= 0.6 is 0 Å². The van der Waals surface area contributed by atoms with Crippen LogP contribution in [0, 0.1) is 0 Å². The summed E-state index contributed by atoms with van der Waals surface area (Å²) in [6, 6.07) is 48.3. The Hall–Kier alpha value is -5.87. The van der Waals surface area contributed by atoms with Gasteiger partial charge in [-0.1, -0.05) is 129 Å². The fourth-order valence-corrected chi connectivity index (χ4v) is 7.09. The molecule has 0 fully saturated rings. The van der Waals surface area contributed by atoms with E-state index in [1.807, 2.05) is 66.7 Å². The lowest BCUT2D eigenvalue weighted by atomic mass is 9.80. The van der Waals surface area contributed by atoms with E-state index in [1.165, 1.54) is 33.0 Å². The number of rotatable bonds is 4. The van der Waals surface area contributed by atoms with Crippen molar-refractivity contribution in [2.45, 2.75) is 19.3 Å². The average molecular weight is 592 g/mol. The highest BCUT2D eigenvalue weighted by atomic mass is 16.3. The molecule has 1 aliphatic rings. The maximum atomic E-state index is 6.27. The molecule has 218 valence electrons. The predicted octanol–water partition coefficient (Wildman–Crippen LogP) is 10.7. The van der Waals surface area contributed by atoms with Crippen LogP contribution in [0.25, 0.3) is 78.4 Å². The SMILES string of the molecule is CC1(C)c2ccc(-c3cccc(-c4nc(-c5ccccc5)nc(-c5ccccc5)n4)c3)cc2-c2ccc3oc4ccccc4c3c21.